The number of nitrogens with one attached hydrogen (secondary N) is 2. The second kappa shape index (κ2) is 11.6. The van der Waals surface area contributed by atoms with E-state index in [4.69, 9.17) is 11.6 Å². The van der Waals surface area contributed by atoms with Gasteiger partial charge in [-0.05, 0) is 56.0 Å². The van der Waals surface area contributed by atoms with Crippen LogP contribution in [-0.4, -0.2) is 75.6 Å². The predicted molar refractivity (Wildman–Crippen MR) is 140 cm³/mol. The lowest BCUT2D eigenvalue weighted by Gasteiger charge is -2.34. The number of hydrogen-bond donors (Lipinski definition) is 2. The molecule has 9 nitrogen and oxygen atoms in total. The molecular weight excluding hydrogens is 502 g/mol. The largest absolute Gasteiger partial charge is 0.355 e. The third-order valence-electron chi connectivity index (χ3n) is 6.67. The summed E-state index contributed by atoms with van der Waals surface area (Å²) in [5.74, 6) is 0.604. The minimum atomic E-state index is -3.52. The monoisotopic (exact) mass is 533 g/mol. The molecule has 2 aromatic rings. The molecule has 1 aromatic carbocycles. The number of anilines is 2. The average Bonchev–Trinajstić information content (AvgIpc) is 3.14. The summed E-state index contributed by atoms with van der Waals surface area (Å²) in [6, 6.07) is 7.99. The van der Waals surface area contributed by atoms with Gasteiger partial charge in [-0.1, -0.05) is 17.7 Å². The summed E-state index contributed by atoms with van der Waals surface area (Å²) in [6.45, 7) is 4.66. The Balaban J connectivity index is 1.46. The lowest BCUT2D eigenvalue weighted by Crippen LogP contribution is -2.39. The molecule has 2 fully saturated rings. The molecule has 0 aliphatic carbocycles. The highest BCUT2D eigenvalue weighted by molar-refractivity contribution is 7.90. The maximum atomic E-state index is 12.9. The molecule has 2 aliphatic heterocycles. The van der Waals surface area contributed by atoms with E-state index in [0.717, 1.165) is 51.7 Å². The van der Waals surface area contributed by atoms with Crippen LogP contribution in [0, 0.1) is 5.92 Å². The highest BCUT2D eigenvalue weighted by atomic mass is 35.5. The number of halogens is 1. The van der Waals surface area contributed by atoms with Crippen LogP contribution in [0.25, 0.3) is 0 Å². The van der Waals surface area contributed by atoms with E-state index in [1.165, 1.54) is 12.3 Å². The van der Waals surface area contributed by atoms with E-state index in [0.29, 0.717) is 41.6 Å². The molecule has 1 aromatic heterocycles. The molecule has 0 spiro atoms. The number of sulfone groups is 1. The fourth-order valence-corrected chi connectivity index (χ4v) is 5.40. The summed E-state index contributed by atoms with van der Waals surface area (Å²) in [5, 5.41) is 6.58. The fourth-order valence-electron chi connectivity index (χ4n) is 4.63. The number of aromatic nitrogens is 1. The van der Waals surface area contributed by atoms with Crippen LogP contribution in [0.4, 0.5) is 11.5 Å². The molecule has 11 heteroatoms. The van der Waals surface area contributed by atoms with Gasteiger partial charge < -0.3 is 20.4 Å². The van der Waals surface area contributed by atoms with E-state index >= 15 is 0 Å². The summed E-state index contributed by atoms with van der Waals surface area (Å²) < 4.78 is 24.3. The Kier molecular flexibility index (Phi) is 8.48. The maximum absolute atomic E-state index is 12.9. The van der Waals surface area contributed by atoms with Crippen LogP contribution < -0.4 is 15.5 Å². The molecule has 2 saturated heterocycles. The van der Waals surface area contributed by atoms with Crippen molar-refractivity contribution in [3.8, 4) is 0 Å². The van der Waals surface area contributed by atoms with Crippen molar-refractivity contribution in [3.05, 3.63) is 47.1 Å². The lowest BCUT2D eigenvalue weighted by atomic mass is 9.93. The molecular formula is C25H32ClN5O4S. The van der Waals surface area contributed by atoms with Crippen LogP contribution in [0.2, 0.25) is 5.02 Å². The average molecular weight is 534 g/mol. The standard InChI is InChI=1S/C25H32ClN5O4S/c1-36(34,35)21-16-22(29-25(33)19-4-2-5-20(26)15-19)24(28-17-21)31-11-6-18(7-12-31)14-23(32)30-10-3-8-27-9-13-30/h2,4-5,15-18,27H,3,6-14H2,1H3,(H,29,33). The van der Waals surface area contributed by atoms with Crippen LogP contribution in [-0.2, 0) is 14.6 Å². The van der Waals surface area contributed by atoms with Gasteiger partial charge in [-0.15, -0.1) is 0 Å². The SMILES string of the molecule is CS(=O)(=O)c1cnc(N2CCC(CC(=O)N3CCCNCC3)CC2)c(NC(=O)c2cccc(Cl)c2)c1. The number of pyridine rings is 1. The molecule has 194 valence electrons. The molecule has 0 atom stereocenters. The van der Waals surface area contributed by atoms with Crippen LogP contribution in [0.3, 0.4) is 0 Å². The van der Waals surface area contributed by atoms with Crippen LogP contribution in [0.5, 0.6) is 0 Å². The fraction of sp³-hybridized carbons (Fsp3) is 0.480. The molecule has 2 N–H and O–H groups in total. The molecule has 3 heterocycles. The summed E-state index contributed by atoms with van der Waals surface area (Å²) >= 11 is 6.03. The van der Waals surface area contributed by atoms with Gasteiger partial charge in [-0.25, -0.2) is 13.4 Å². The van der Waals surface area contributed by atoms with Crippen molar-refractivity contribution in [1.82, 2.24) is 15.2 Å². The van der Waals surface area contributed by atoms with Crippen molar-refractivity contribution >= 4 is 44.8 Å². The lowest BCUT2D eigenvalue weighted by molar-refractivity contribution is -0.132. The van der Waals surface area contributed by atoms with Crippen molar-refractivity contribution in [2.45, 2.75) is 30.6 Å². The number of piperidine rings is 1. The first-order chi connectivity index (χ1) is 17.2. The normalized spacial score (nSPS) is 17.5. The molecule has 4 rings (SSSR count). The first-order valence-corrected chi connectivity index (χ1v) is 14.5. The van der Waals surface area contributed by atoms with Gasteiger partial charge in [0.25, 0.3) is 5.91 Å². The zero-order valence-electron chi connectivity index (χ0n) is 20.4. The van der Waals surface area contributed by atoms with E-state index in [2.05, 4.69) is 15.6 Å². The van der Waals surface area contributed by atoms with Gasteiger partial charge in [0.15, 0.2) is 15.7 Å². The molecule has 2 amide bonds. The van der Waals surface area contributed by atoms with Crippen molar-refractivity contribution in [3.63, 3.8) is 0 Å². The number of nitrogens with zero attached hydrogens (tertiary/aromatic N) is 3. The summed E-state index contributed by atoms with van der Waals surface area (Å²) in [4.78, 5) is 34.1. The number of hydrogen-bond acceptors (Lipinski definition) is 7. The number of rotatable bonds is 6. The van der Waals surface area contributed by atoms with Gasteiger partial charge in [-0.3, -0.25) is 9.59 Å². The Morgan fingerprint density at radius 3 is 2.64 bits per heavy atom. The second-order valence-corrected chi connectivity index (χ2v) is 11.8. The van der Waals surface area contributed by atoms with Gasteiger partial charge in [0, 0.05) is 62.2 Å². The number of amides is 2. The van der Waals surface area contributed by atoms with E-state index in [9.17, 15) is 18.0 Å². The van der Waals surface area contributed by atoms with Crippen LogP contribution >= 0.6 is 11.6 Å². The number of carbonyl (C=O) groups is 2. The zero-order chi connectivity index (χ0) is 25.7. The minimum absolute atomic E-state index is 0.0278. The quantitative estimate of drug-likeness (QED) is 0.587. The summed E-state index contributed by atoms with van der Waals surface area (Å²) in [6.07, 6.45) is 5.57. The van der Waals surface area contributed by atoms with E-state index in [1.54, 1.807) is 24.3 Å². The van der Waals surface area contributed by atoms with Crippen LogP contribution in [0.1, 0.15) is 36.0 Å². The molecule has 36 heavy (non-hydrogen) atoms. The van der Waals surface area contributed by atoms with Crippen molar-refractivity contribution in [1.29, 1.82) is 0 Å². The first-order valence-electron chi connectivity index (χ1n) is 12.2. The van der Waals surface area contributed by atoms with Gasteiger partial charge in [0.05, 0.1) is 10.6 Å². The van der Waals surface area contributed by atoms with Gasteiger partial charge in [0.1, 0.15) is 0 Å². The number of carbonyl (C=O) groups excluding carboxylic acids is 2. The van der Waals surface area contributed by atoms with E-state index in [-0.39, 0.29) is 16.7 Å². The molecule has 2 aliphatic rings. The third-order valence-corrected chi connectivity index (χ3v) is 7.99. The van der Waals surface area contributed by atoms with E-state index < -0.39 is 15.7 Å². The molecule has 0 bridgehead atoms. The minimum Gasteiger partial charge on any atom is -0.355 e. The Morgan fingerprint density at radius 1 is 1.14 bits per heavy atom. The predicted octanol–water partition coefficient (Wildman–Crippen LogP) is 2.82. The van der Waals surface area contributed by atoms with Gasteiger partial charge in [-0.2, -0.15) is 0 Å². The van der Waals surface area contributed by atoms with E-state index in [1.807, 2.05) is 9.80 Å². The van der Waals surface area contributed by atoms with Gasteiger partial charge in [0.2, 0.25) is 5.91 Å². The molecule has 0 radical (unpaired) electrons. The smallest absolute Gasteiger partial charge is 0.255 e. The van der Waals surface area contributed by atoms with Crippen molar-refractivity contribution < 1.29 is 18.0 Å². The van der Waals surface area contributed by atoms with Crippen LogP contribution in [0.15, 0.2) is 41.4 Å². The Morgan fingerprint density at radius 2 is 1.92 bits per heavy atom. The maximum Gasteiger partial charge on any atom is 0.255 e. The molecule has 0 unspecified atom stereocenters. The number of benzene rings is 1. The zero-order valence-corrected chi connectivity index (χ0v) is 21.9. The first kappa shape index (κ1) is 26.4. The Labute approximate surface area is 217 Å². The highest BCUT2D eigenvalue weighted by Crippen LogP contribution is 2.31. The van der Waals surface area contributed by atoms with Crippen molar-refractivity contribution in [2.75, 3.05) is 55.7 Å². The molecule has 0 saturated carbocycles. The topological polar surface area (TPSA) is 112 Å². The Hall–Kier alpha value is -2.69. The highest BCUT2D eigenvalue weighted by Gasteiger charge is 2.27. The van der Waals surface area contributed by atoms with Gasteiger partial charge >= 0.3 is 0 Å². The summed E-state index contributed by atoms with van der Waals surface area (Å²) in [7, 11) is -3.52. The third kappa shape index (κ3) is 6.74. The Bertz CT molecular complexity index is 1210. The second-order valence-electron chi connectivity index (χ2n) is 9.40. The summed E-state index contributed by atoms with van der Waals surface area (Å²) in [5.41, 5.74) is 0.689. The van der Waals surface area contributed by atoms with Crippen molar-refractivity contribution in [2.24, 2.45) is 5.92 Å².